The van der Waals surface area contributed by atoms with E-state index in [1.807, 2.05) is 32.9 Å². The maximum Gasteiger partial charge on any atom is 0.338 e. The number of benzene rings is 2. The Bertz CT molecular complexity index is 2440. The van der Waals surface area contributed by atoms with Crippen LogP contribution in [0, 0.1) is 28.6 Å². The Hall–Kier alpha value is -3.52. The minimum Gasteiger partial charge on any atom is -0.459 e. The van der Waals surface area contributed by atoms with Crippen LogP contribution in [0.15, 0.2) is 72.3 Å². The molecule has 0 bridgehead atoms. The summed E-state index contributed by atoms with van der Waals surface area (Å²) in [5.41, 5.74) is -0.319. The smallest absolute Gasteiger partial charge is 0.338 e. The van der Waals surface area contributed by atoms with E-state index in [1.54, 1.807) is 69.5 Å². The second-order valence-electron chi connectivity index (χ2n) is 24.3. The van der Waals surface area contributed by atoms with Crippen molar-refractivity contribution in [3.8, 4) is 0 Å². The summed E-state index contributed by atoms with van der Waals surface area (Å²) < 4.78 is 68.6. The van der Waals surface area contributed by atoms with Crippen LogP contribution in [0.2, 0.25) is 0 Å². The quantitative estimate of drug-likeness (QED) is 0.0970. The Morgan fingerprint density at radius 1 is 0.675 bits per heavy atom. The zero-order chi connectivity index (χ0) is 57.0. The van der Waals surface area contributed by atoms with Gasteiger partial charge >= 0.3 is 11.9 Å². The first-order valence-corrected chi connectivity index (χ1v) is 28.9. The van der Waals surface area contributed by atoms with Crippen molar-refractivity contribution >= 4 is 11.9 Å². The highest BCUT2D eigenvalue weighted by atomic mass is 16.8. The first-order valence-electron chi connectivity index (χ1n) is 28.9. The molecule has 0 spiro atoms. The third-order valence-electron chi connectivity index (χ3n) is 19.8. The predicted molar refractivity (Wildman–Crippen MR) is 282 cm³/mol. The van der Waals surface area contributed by atoms with Gasteiger partial charge in [-0.2, -0.15) is 0 Å². The summed E-state index contributed by atoms with van der Waals surface area (Å²) in [7, 11) is 1.61. The van der Waals surface area contributed by atoms with Gasteiger partial charge in [-0.05, 0) is 114 Å². The van der Waals surface area contributed by atoms with E-state index in [-0.39, 0.29) is 42.1 Å². The summed E-state index contributed by atoms with van der Waals surface area (Å²) >= 11 is 0. The number of allylic oxidation sites excluding steroid dienone is 1. The van der Waals surface area contributed by atoms with Crippen LogP contribution in [0.25, 0.3) is 0 Å². The number of methoxy groups -OCH3 is 1. The van der Waals surface area contributed by atoms with Crippen LogP contribution in [-0.2, 0) is 52.1 Å². The van der Waals surface area contributed by atoms with Gasteiger partial charge in [-0.3, -0.25) is 0 Å². The molecule has 80 heavy (non-hydrogen) atoms. The van der Waals surface area contributed by atoms with Crippen molar-refractivity contribution in [3.05, 3.63) is 83.4 Å². The topological polar surface area (TPSA) is 277 Å². The number of hydrogen-bond acceptors (Lipinski definition) is 20. The lowest BCUT2D eigenvalue weighted by Crippen LogP contribution is -2.67. The first-order chi connectivity index (χ1) is 38.2. The Kier molecular flexibility index (Phi) is 18.1. The van der Waals surface area contributed by atoms with Gasteiger partial charge < -0.3 is 87.9 Å². The summed E-state index contributed by atoms with van der Waals surface area (Å²) in [6.07, 6.45) is -11.5. The number of esters is 2. The van der Waals surface area contributed by atoms with Gasteiger partial charge in [0.2, 0.25) is 0 Å². The van der Waals surface area contributed by atoms with E-state index in [1.165, 1.54) is 5.57 Å². The lowest BCUT2D eigenvalue weighted by atomic mass is 9.44. The van der Waals surface area contributed by atoms with Gasteiger partial charge in [0, 0.05) is 37.7 Å². The van der Waals surface area contributed by atoms with Gasteiger partial charge in [0.15, 0.2) is 25.2 Å². The van der Waals surface area contributed by atoms with Gasteiger partial charge in [-0.25, -0.2) is 9.59 Å². The standard InChI is InChI=1S/C60H84O20/c1-30(74-55(67)34-14-10-8-11-15-34)38-21-23-60(69)39-19-18-36-24-37(20-22-58(36,5)40(39)25-45(59(38,60)6)78-56(68)35-16-12-9-13-17-35)75-47-28-43(70-7)54(33(4)73-47)80-46-26-41(62)53(32(3)72-46)79-48-27-42(49(63)31(2)71-48)76-57-52(66)51(65)50(64)44(29-61)77-57/h8-18,30-33,37-54,57,61-66,69H,19-29H2,1-7H3. The van der Waals surface area contributed by atoms with Crippen LogP contribution >= 0.6 is 0 Å². The lowest BCUT2D eigenvalue weighted by Gasteiger charge is -2.63. The number of ether oxygens (including phenoxy) is 11. The van der Waals surface area contributed by atoms with Crippen LogP contribution in [0.1, 0.15) is 126 Å². The zero-order valence-corrected chi connectivity index (χ0v) is 46.8. The van der Waals surface area contributed by atoms with E-state index in [2.05, 4.69) is 13.0 Å². The van der Waals surface area contributed by atoms with Crippen molar-refractivity contribution in [2.45, 2.75) is 234 Å². The molecule has 20 nitrogen and oxygen atoms in total. The molecule has 2 aromatic carbocycles. The molecule has 0 aromatic heterocycles. The molecule has 10 rings (SSSR count). The normalized spacial score (nSPS) is 46.0. The van der Waals surface area contributed by atoms with Crippen molar-refractivity contribution in [1.82, 2.24) is 0 Å². The molecular formula is C60H84O20. The van der Waals surface area contributed by atoms with Gasteiger partial charge in [0.1, 0.15) is 54.9 Å². The minimum absolute atomic E-state index is 0.0127. The van der Waals surface area contributed by atoms with E-state index in [9.17, 15) is 45.3 Å². The monoisotopic (exact) mass is 1120 g/mol. The molecule has 7 fully saturated rings. The number of rotatable bonds is 15. The van der Waals surface area contributed by atoms with E-state index < -0.39 is 146 Å². The van der Waals surface area contributed by atoms with Gasteiger partial charge in [-0.1, -0.05) is 61.9 Å². The Balaban J connectivity index is 0.756. The van der Waals surface area contributed by atoms with Crippen molar-refractivity contribution in [1.29, 1.82) is 0 Å². The van der Waals surface area contributed by atoms with Crippen molar-refractivity contribution in [2.24, 2.45) is 28.6 Å². The van der Waals surface area contributed by atoms with Crippen molar-refractivity contribution < 1.29 is 97.4 Å². The molecule has 4 heterocycles. The SMILES string of the molecule is COC1CC(OC2CCC3(C)C(=CCC4C3CC(OC(=O)c3ccccc3)C3(C)C(C(C)OC(=O)c5ccccc5)CCC43O)C2)OC(C)C1OC1CC(O)C(OC2CC(OC3OC(CO)C(O)C(O)C3O)C(O)C(C)O2)C(C)O1. The minimum atomic E-state index is -1.67. The molecule has 0 radical (unpaired) electrons. The van der Waals surface area contributed by atoms with Gasteiger partial charge in [0.05, 0.1) is 66.1 Å². The fourth-order valence-corrected chi connectivity index (χ4v) is 15.3. The third-order valence-corrected chi connectivity index (χ3v) is 19.8. The average Bonchev–Trinajstić information content (AvgIpc) is 3.74. The van der Waals surface area contributed by atoms with Gasteiger partial charge in [0.25, 0.3) is 0 Å². The number of carbonyl (C=O) groups excluding carboxylic acids is 2. The maximum atomic E-state index is 14.0. The molecule has 8 aliphatic rings. The molecule has 2 aromatic rings. The van der Waals surface area contributed by atoms with E-state index in [4.69, 9.17) is 52.1 Å². The summed E-state index contributed by atoms with van der Waals surface area (Å²) in [4.78, 5) is 27.5. The molecule has 7 N–H and O–H groups in total. The summed E-state index contributed by atoms with van der Waals surface area (Å²) in [6.45, 7) is 10.8. The molecule has 3 saturated carbocycles. The number of fused-ring (bicyclic) bond motifs is 5. The van der Waals surface area contributed by atoms with Crippen LogP contribution in [-0.4, -0.2) is 190 Å². The van der Waals surface area contributed by atoms with Crippen LogP contribution in [0.4, 0.5) is 0 Å². The predicted octanol–water partition coefficient (Wildman–Crippen LogP) is 4.24. The summed E-state index contributed by atoms with van der Waals surface area (Å²) in [6, 6.07) is 17.8. The largest absolute Gasteiger partial charge is 0.459 e. The average molecular weight is 1130 g/mol. The molecule has 4 saturated heterocycles. The molecule has 26 atom stereocenters. The molecule has 0 amide bonds. The Labute approximate surface area is 467 Å². The lowest BCUT2D eigenvalue weighted by molar-refractivity contribution is -0.353. The van der Waals surface area contributed by atoms with Crippen molar-refractivity contribution in [3.63, 3.8) is 0 Å². The summed E-state index contributed by atoms with van der Waals surface area (Å²) in [5.74, 6) is -1.30. The van der Waals surface area contributed by atoms with Gasteiger partial charge in [-0.15, -0.1) is 0 Å². The molecule has 4 aliphatic heterocycles. The van der Waals surface area contributed by atoms with Crippen LogP contribution in [0.5, 0.6) is 0 Å². The second-order valence-corrected chi connectivity index (χ2v) is 24.3. The van der Waals surface area contributed by atoms with E-state index in [0.29, 0.717) is 49.7 Å². The first kappa shape index (κ1) is 59.6. The molecule has 4 aliphatic carbocycles. The van der Waals surface area contributed by atoms with E-state index in [0.717, 1.165) is 12.8 Å². The fourth-order valence-electron chi connectivity index (χ4n) is 15.3. The molecular weight excluding hydrogens is 1040 g/mol. The molecule has 26 unspecified atom stereocenters. The van der Waals surface area contributed by atoms with Crippen molar-refractivity contribution in [2.75, 3.05) is 13.7 Å². The number of carbonyl (C=O) groups is 2. The van der Waals surface area contributed by atoms with Crippen LogP contribution in [0.3, 0.4) is 0 Å². The molecule has 20 heteroatoms. The second kappa shape index (κ2) is 24.2. The number of aliphatic hydroxyl groups excluding tert-OH is 6. The third kappa shape index (κ3) is 11.3. The highest BCUT2D eigenvalue weighted by molar-refractivity contribution is 5.90. The molecule has 444 valence electrons. The summed E-state index contributed by atoms with van der Waals surface area (Å²) in [5, 5.41) is 76.5. The van der Waals surface area contributed by atoms with Crippen LogP contribution < -0.4 is 0 Å². The number of hydrogen-bond donors (Lipinski definition) is 7. The Morgan fingerprint density at radius 3 is 1.95 bits per heavy atom. The fraction of sp³-hybridized carbons (Fsp3) is 0.733. The highest BCUT2D eigenvalue weighted by Crippen LogP contribution is 2.69. The van der Waals surface area contributed by atoms with E-state index >= 15 is 0 Å². The zero-order valence-electron chi connectivity index (χ0n) is 46.8. The maximum absolute atomic E-state index is 14.0. The Morgan fingerprint density at radius 2 is 1.29 bits per heavy atom. The number of aliphatic hydroxyl groups is 7. The highest BCUT2D eigenvalue weighted by Gasteiger charge is 2.72.